The molecule has 0 radical (unpaired) electrons. The van der Waals surface area contributed by atoms with E-state index >= 15 is 0 Å². The molecule has 0 saturated heterocycles. The minimum absolute atomic E-state index is 0.470. The topological polar surface area (TPSA) is 16.1 Å². The summed E-state index contributed by atoms with van der Waals surface area (Å²) in [6.07, 6.45) is 2.09. The molecule has 0 aliphatic heterocycles. The van der Waals surface area contributed by atoms with Gasteiger partial charge < -0.3 is 4.90 Å². The third-order valence-electron chi connectivity index (χ3n) is 2.82. The summed E-state index contributed by atoms with van der Waals surface area (Å²) in [4.78, 5) is 7.05. The molecule has 0 atom stereocenters. The van der Waals surface area contributed by atoms with Gasteiger partial charge in [0.15, 0.2) is 0 Å². The van der Waals surface area contributed by atoms with Gasteiger partial charge in [-0.3, -0.25) is 0 Å². The molecule has 0 fully saturated rings. The molecular formula is C14H23ClN2. The molecule has 1 aromatic heterocycles. The highest BCUT2D eigenvalue weighted by atomic mass is 35.5. The second-order valence-electron chi connectivity index (χ2n) is 4.60. The Labute approximate surface area is 110 Å². The Morgan fingerprint density at radius 1 is 1.29 bits per heavy atom. The van der Waals surface area contributed by atoms with Crippen molar-refractivity contribution in [2.24, 2.45) is 0 Å². The highest BCUT2D eigenvalue weighted by molar-refractivity contribution is 6.17. The van der Waals surface area contributed by atoms with Gasteiger partial charge >= 0.3 is 0 Å². The lowest BCUT2D eigenvalue weighted by molar-refractivity contribution is 0.660. The van der Waals surface area contributed by atoms with E-state index in [1.54, 1.807) is 0 Å². The van der Waals surface area contributed by atoms with Gasteiger partial charge in [-0.2, -0.15) is 0 Å². The SMILES string of the molecule is CCCN(c1cc(CCl)cc(CC)n1)C(C)C. The molecule has 0 spiro atoms. The molecule has 3 heteroatoms. The molecule has 17 heavy (non-hydrogen) atoms. The molecule has 0 amide bonds. The molecular weight excluding hydrogens is 232 g/mol. The van der Waals surface area contributed by atoms with Crippen LogP contribution in [0.2, 0.25) is 0 Å². The van der Waals surface area contributed by atoms with Crippen molar-refractivity contribution in [3.63, 3.8) is 0 Å². The fraction of sp³-hybridized carbons (Fsp3) is 0.643. The smallest absolute Gasteiger partial charge is 0.129 e. The van der Waals surface area contributed by atoms with Crippen LogP contribution in [-0.4, -0.2) is 17.6 Å². The van der Waals surface area contributed by atoms with Gasteiger partial charge in [-0.25, -0.2) is 4.98 Å². The fourth-order valence-electron chi connectivity index (χ4n) is 1.92. The van der Waals surface area contributed by atoms with Crippen LogP contribution in [0.25, 0.3) is 0 Å². The van der Waals surface area contributed by atoms with Crippen molar-refractivity contribution in [1.82, 2.24) is 4.98 Å². The molecule has 1 heterocycles. The quantitative estimate of drug-likeness (QED) is 0.713. The van der Waals surface area contributed by atoms with Gasteiger partial charge in [-0.15, -0.1) is 11.6 Å². The Kier molecular flexibility index (Phi) is 5.76. The minimum atomic E-state index is 0.470. The van der Waals surface area contributed by atoms with Crippen molar-refractivity contribution in [3.8, 4) is 0 Å². The summed E-state index contributed by atoms with van der Waals surface area (Å²) in [5, 5.41) is 0. The van der Waals surface area contributed by atoms with Gasteiger partial charge in [0.05, 0.1) is 0 Å². The summed E-state index contributed by atoms with van der Waals surface area (Å²) in [7, 11) is 0. The maximum absolute atomic E-state index is 5.94. The van der Waals surface area contributed by atoms with Gasteiger partial charge in [0.2, 0.25) is 0 Å². The molecule has 0 bridgehead atoms. The first-order valence-electron chi connectivity index (χ1n) is 6.44. The monoisotopic (exact) mass is 254 g/mol. The van der Waals surface area contributed by atoms with E-state index in [0.29, 0.717) is 11.9 Å². The molecule has 0 aliphatic carbocycles. The fourth-order valence-corrected chi connectivity index (χ4v) is 2.07. The summed E-state index contributed by atoms with van der Waals surface area (Å²) in [6, 6.07) is 4.68. The Hall–Kier alpha value is -0.760. The maximum Gasteiger partial charge on any atom is 0.129 e. The Balaban J connectivity index is 3.08. The van der Waals surface area contributed by atoms with Crippen molar-refractivity contribution < 1.29 is 0 Å². The molecule has 0 aromatic carbocycles. The van der Waals surface area contributed by atoms with Crippen LogP contribution in [0.3, 0.4) is 0 Å². The van der Waals surface area contributed by atoms with E-state index in [1.165, 1.54) is 0 Å². The predicted octanol–water partition coefficient (Wildman–Crippen LogP) is 4.01. The lowest BCUT2D eigenvalue weighted by Gasteiger charge is -2.28. The first kappa shape index (κ1) is 14.3. The van der Waals surface area contributed by atoms with Crippen LogP contribution in [0.1, 0.15) is 45.4 Å². The lowest BCUT2D eigenvalue weighted by atomic mass is 10.2. The number of hydrogen-bond donors (Lipinski definition) is 0. The molecule has 0 unspecified atom stereocenters. The number of anilines is 1. The van der Waals surface area contributed by atoms with Crippen molar-refractivity contribution in [2.45, 2.75) is 52.5 Å². The van der Waals surface area contributed by atoms with E-state index in [0.717, 1.165) is 36.5 Å². The Bertz CT molecular complexity index is 328. The van der Waals surface area contributed by atoms with Crippen molar-refractivity contribution in [3.05, 3.63) is 23.4 Å². The molecule has 0 saturated carbocycles. The summed E-state index contributed by atoms with van der Waals surface area (Å²) < 4.78 is 0. The van der Waals surface area contributed by atoms with Crippen LogP contribution in [0.5, 0.6) is 0 Å². The van der Waals surface area contributed by atoms with Crippen molar-refractivity contribution in [1.29, 1.82) is 0 Å². The zero-order valence-corrected chi connectivity index (χ0v) is 12.1. The minimum Gasteiger partial charge on any atom is -0.354 e. The van der Waals surface area contributed by atoms with Gasteiger partial charge in [0, 0.05) is 24.2 Å². The molecule has 1 aromatic rings. The zero-order chi connectivity index (χ0) is 12.8. The third-order valence-corrected chi connectivity index (χ3v) is 3.13. The average Bonchev–Trinajstić information content (AvgIpc) is 2.34. The van der Waals surface area contributed by atoms with Crippen LogP contribution < -0.4 is 4.90 Å². The lowest BCUT2D eigenvalue weighted by Crippen LogP contribution is -2.32. The summed E-state index contributed by atoms with van der Waals surface area (Å²) >= 11 is 5.94. The maximum atomic E-state index is 5.94. The van der Waals surface area contributed by atoms with Crippen LogP contribution in [-0.2, 0) is 12.3 Å². The highest BCUT2D eigenvalue weighted by Gasteiger charge is 2.12. The molecule has 96 valence electrons. The van der Waals surface area contributed by atoms with Crippen LogP contribution in [0, 0.1) is 0 Å². The number of rotatable bonds is 6. The van der Waals surface area contributed by atoms with Crippen LogP contribution in [0.4, 0.5) is 5.82 Å². The number of alkyl halides is 1. The van der Waals surface area contributed by atoms with Gasteiger partial charge in [-0.1, -0.05) is 13.8 Å². The number of aryl methyl sites for hydroxylation is 1. The second-order valence-corrected chi connectivity index (χ2v) is 4.87. The van der Waals surface area contributed by atoms with Gasteiger partial charge in [0.25, 0.3) is 0 Å². The first-order chi connectivity index (χ1) is 8.12. The van der Waals surface area contributed by atoms with Gasteiger partial charge in [0.1, 0.15) is 5.82 Å². The van der Waals surface area contributed by atoms with E-state index < -0.39 is 0 Å². The molecule has 0 aliphatic rings. The highest BCUT2D eigenvalue weighted by Crippen LogP contribution is 2.19. The number of hydrogen-bond acceptors (Lipinski definition) is 2. The van der Waals surface area contributed by atoms with E-state index in [9.17, 15) is 0 Å². The van der Waals surface area contributed by atoms with E-state index in [1.807, 2.05) is 0 Å². The first-order valence-corrected chi connectivity index (χ1v) is 6.98. The standard InChI is InChI=1S/C14H23ClN2/c1-5-7-17(11(3)4)14-9-12(10-15)8-13(6-2)16-14/h8-9,11H,5-7,10H2,1-4H3. The predicted molar refractivity (Wildman–Crippen MR) is 75.9 cm³/mol. The third kappa shape index (κ3) is 3.88. The van der Waals surface area contributed by atoms with Crippen LogP contribution in [0.15, 0.2) is 12.1 Å². The Morgan fingerprint density at radius 3 is 2.47 bits per heavy atom. The average molecular weight is 255 g/mol. The number of halogens is 1. The molecule has 0 N–H and O–H groups in total. The van der Waals surface area contributed by atoms with Crippen molar-refractivity contribution in [2.75, 3.05) is 11.4 Å². The number of pyridine rings is 1. The Morgan fingerprint density at radius 2 is 2.00 bits per heavy atom. The second kappa shape index (κ2) is 6.85. The van der Waals surface area contributed by atoms with E-state index in [-0.39, 0.29) is 0 Å². The largest absolute Gasteiger partial charge is 0.354 e. The number of nitrogens with zero attached hydrogens (tertiary/aromatic N) is 2. The van der Waals surface area contributed by atoms with E-state index in [2.05, 4.69) is 44.7 Å². The van der Waals surface area contributed by atoms with Crippen LogP contribution >= 0.6 is 11.6 Å². The molecule has 2 nitrogen and oxygen atoms in total. The summed E-state index contributed by atoms with van der Waals surface area (Å²) in [5.41, 5.74) is 2.29. The zero-order valence-electron chi connectivity index (χ0n) is 11.3. The van der Waals surface area contributed by atoms with Gasteiger partial charge in [-0.05, 0) is 44.4 Å². The normalized spacial score (nSPS) is 10.9. The summed E-state index contributed by atoms with van der Waals surface area (Å²) in [5.74, 6) is 1.62. The molecule has 1 rings (SSSR count). The van der Waals surface area contributed by atoms with E-state index in [4.69, 9.17) is 16.6 Å². The summed E-state index contributed by atoms with van der Waals surface area (Å²) in [6.45, 7) is 9.78. The number of aromatic nitrogens is 1. The van der Waals surface area contributed by atoms with Crippen molar-refractivity contribution >= 4 is 17.4 Å².